The van der Waals surface area contributed by atoms with Gasteiger partial charge in [-0.25, -0.2) is 13.1 Å². The topological polar surface area (TPSA) is 66.4 Å². The van der Waals surface area contributed by atoms with Crippen LogP contribution in [0.3, 0.4) is 0 Å². The summed E-state index contributed by atoms with van der Waals surface area (Å²) in [7, 11) is -3.44. The predicted octanol–water partition coefficient (Wildman–Crippen LogP) is 1.58. The standard InChI is InChI=1S/C13H19NO3S/c1-10-4-2-3-5-13(10)18(16,17)14-11-6-8-12(15)9-7-11/h2-5,11-12,14-15H,6-9H2,1H3. The van der Waals surface area contributed by atoms with Crippen molar-refractivity contribution in [3.8, 4) is 0 Å². The van der Waals surface area contributed by atoms with E-state index in [1.165, 1.54) is 0 Å². The maximum absolute atomic E-state index is 12.2. The van der Waals surface area contributed by atoms with Crippen LogP contribution in [0.15, 0.2) is 29.2 Å². The summed E-state index contributed by atoms with van der Waals surface area (Å²) in [5, 5.41) is 9.41. The summed E-state index contributed by atoms with van der Waals surface area (Å²) in [6, 6.07) is 6.91. The fourth-order valence-electron chi connectivity index (χ4n) is 2.33. The van der Waals surface area contributed by atoms with Gasteiger partial charge in [-0.05, 0) is 44.2 Å². The summed E-state index contributed by atoms with van der Waals surface area (Å²) in [5.41, 5.74) is 0.751. The third-order valence-corrected chi connectivity index (χ3v) is 5.08. The van der Waals surface area contributed by atoms with Gasteiger partial charge in [0.05, 0.1) is 11.0 Å². The Bertz CT molecular complexity index is 505. The maximum atomic E-state index is 12.2. The van der Waals surface area contributed by atoms with Crippen molar-refractivity contribution < 1.29 is 13.5 Å². The zero-order chi connectivity index (χ0) is 13.2. The van der Waals surface area contributed by atoms with Crippen LogP contribution in [-0.4, -0.2) is 25.7 Å². The minimum Gasteiger partial charge on any atom is -0.393 e. The van der Waals surface area contributed by atoms with E-state index in [-0.39, 0.29) is 12.1 Å². The molecule has 1 saturated carbocycles. The van der Waals surface area contributed by atoms with E-state index >= 15 is 0 Å². The van der Waals surface area contributed by atoms with E-state index in [0.29, 0.717) is 30.6 Å². The molecule has 4 nitrogen and oxygen atoms in total. The lowest BCUT2D eigenvalue weighted by Crippen LogP contribution is -2.38. The lowest BCUT2D eigenvalue weighted by atomic mass is 9.94. The number of aliphatic hydroxyl groups excluding tert-OH is 1. The summed E-state index contributed by atoms with van der Waals surface area (Å²) in [5.74, 6) is 0. The maximum Gasteiger partial charge on any atom is 0.241 e. The summed E-state index contributed by atoms with van der Waals surface area (Å²) >= 11 is 0. The Hall–Kier alpha value is -0.910. The molecule has 0 aliphatic heterocycles. The van der Waals surface area contributed by atoms with Gasteiger partial charge in [0.15, 0.2) is 0 Å². The van der Waals surface area contributed by atoms with Crippen molar-refractivity contribution in [3.05, 3.63) is 29.8 Å². The highest BCUT2D eigenvalue weighted by Gasteiger charge is 2.25. The van der Waals surface area contributed by atoms with Crippen molar-refractivity contribution in [1.82, 2.24) is 4.72 Å². The highest BCUT2D eigenvalue weighted by molar-refractivity contribution is 7.89. The van der Waals surface area contributed by atoms with Gasteiger partial charge in [-0.3, -0.25) is 0 Å². The molecule has 1 aliphatic rings. The Morgan fingerprint density at radius 2 is 1.78 bits per heavy atom. The van der Waals surface area contributed by atoms with Gasteiger partial charge in [0, 0.05) is 6.04 Å². The summed E-state index contributed by atoms with van der Waals surface area (Å²) < 4.78 is 27.2. The molecule has 0 atom stereocenters. The number of benzene rings is 1. The van der Waals surface area contributed by atoms with Crippen molar-refractivity contribution in [2.24, 2.45) is 0 Å². The largest absolute Gasteiger partial charge is 0.393 e. The third kappa shape index (κ3) is 3.10. The molecule has 1 fully saturated rings. The summed E-state index contributed by atoms with van der Waals surface area (Å²) in [6.45, 7) is 1.79. The van der Waals surface area contributed by atoms with Gasteiger partial charge in [-0.2, -0.15) is 0 Å². The molecule has 0 spiro atoms. The number of hydrogen-bond acceptors (Lipinski definition) is 3. The first-order valence-electron chi connectivity index (χ1n) is 6.25. The van der Waals surface area contributed by atoms with Gasteiger partial charge in [-0.15, -0.1) is 0 Å². The third-order valence-electron chi connectivity index (χ3n) is 3.40. The quantitative estimate of drug-likeness (QED) is 0.875. The fourth-order valence-corrected chi connectivity index (χ4v) is 3.89. The van der Waals surface area contributed by atoms with Crippen molar-refractivity contribution in [1.29, 1.82) is 0 Å². The zero-order valence-electron chi connectivity index (χ0n) is 10.5. The molecular weight excluding hydrogens is 250 g/mol. The number of hydrogen-bond donors (Lipinski definition) is 2. The van der Waals surface area contributed by atoms with Crippen molar-refractivity contribution in [2.75, 3.05) is 0 Å². The normalized spacial score (nSPS) is 25.0. The lowest BCUT2D eigenvalue weighted by molar-refractivity contribution is 0.120. The van der Waals surface area contributed by atoms with Crippen molar-refractivity contribution >= 4 is 10.0 Å². The Morgan fingerprint density at radius 3 is 2.39 bits per heavy atom. The summed E-state index contributed by atoms with van der Waals surface area (Å²) in [4.78, 5) is 0.344. The highest BCUT2D eigenvalue weighted by atomic mass is 32.2. The van der Waals surface area contributed by atoms with E-state index < -0.39 is 10.0 Å². The van der Waals surface area contributed by atoms with Crippen LogP contribution in [0.1, 0.15) is 31.2 Å². The van der Waals surface area contributed by atoms with E-state index in [2.05, 4.69) is 4.72 Å². The van der Waals surface area contributed by atoms with E-state index in [1.54, 1.807) is 25.1 Å². The zero-order valence-corrected chi connectivity index (χ0v) is 11.3. The minimum absolute atomic E-state index is 0.0574. The number of rotatable bonds is 3. The van der Waals surface area contributed by atoms with Crippen molar-refractivity contribution in [3.63, 3.8) is 0 Å². The summed E-state index contributed by atoms with van der Waals surface area (Å²) in [6.07, 6.45) is 2.46. The first-order chi connectivity index (χ1) is 8.49. The molecule has 0 saturated heterocycles. The second-order valence-electron chi connectivity index (χ2n) is 4.89. The van der Waals surface area contributed by atoms with Crippen LogP contribution >= 0.6 is 0 Å². The molecular formula is C13H19NO3S. The van der Waals surface area contributed by atoms with Crippen molar-refractivity contribution in [2.45, 2.75) is 49.6 Å². The molecule has 2 rings (SSSR count). The van der Waals surface area contributed by atoms with Crippen LogP contribution in [0.4, 0.5) is 0 Å². The monoisotopic (exact) mass is 269 g/mol. The van der Waals surface area contributed by atoms with Gasteiger partial charge < -0.3 is 5.11 Å². The predicted molar refractivity (Wildman–Crippen MR) is 69.8 cm³/mol. The van der Waals surface area contributed by atoms with Crippen LogP contribution in [0.25, 0.3) is 0 Å². The van der Waals surface area contributed by atoms with E-state index in [1.807, 2.05) is 6.07 Å². The smallest absolute Gasteiger partial charge is 0.241 e. The van der Waals surface area contributed by atoms with Gasteiger partial charge in [0.25, 0.3) is 0 Å². The highest BCUT2D eigenvalue weighted by Crippen LogP contribution is 2.21. The Kier molecular flexibility index (Phi) is 4.04. The molecule has 1 aromatic rings. The molecule has 2 N–H and O–H groups in total. The Morgan fingerprint density at radius 1 is 1.17 bits per heavy atom. The van der Waals surface area contributed by atoms with Gasteiger partial charge in [0.1, 0.15) is 0 Å². The molecule has 100 valence electrons. The molecule has 0 radical (unpaired) electrons. The number of sulfonamides is 1. The SMILES string of the molecule is Cc1ccccc1S(=O)(=O)NC1CCC(O)CC1. The molecule has 1 aromatic carbocycles. The molecule has 5 heteroatoms. The second-order valence-corrected chi connectivity index (χ2v) is 6.57. The number of aryl methyl sites for hydroxylation is 1. The van der Waals surface area contributed by atoms with Gasteiger partial charge >= 0.3 is 0 Å². The molecule has 0 amide bonds. The van der Waals surface area contributed by atoms with E-state index in [0.717, 1.165) is 5.56 Å². The van der Waals surface area contributed by atoms with Gasteiger partial charge in [-0.1, -0.05) is 18.2 Å². The lowest BCUT2D eigenvalue weighted by Gasteiger charge is -2.26. The first kappa shape index (κ1) is 13.5. The van der Waals surface area contributed by atoms with Gasteiger partial charge in [0.2, 0.25) is 10.0 Å². The van der Waals surface area contributed by atoms with Crippen LogP contribution in [0.5, 0.6) is 0 Å². The van der Waals surface area contributed by atoms with E-state index in [4.69, 9.17) is 0 Å². The van der Waals surface area contributed by atoms with Crippen LogP contribution < -0.4 is 4.72 Å². The number of nitrogens with one attached hydrogen (secondary N) is 1. The molecule has 0 bridgehead atoms. The average molecular weight is 269 g/mol. The van der Waals surface area contributed by atoms with Crippen LogP contribution in [0, 0.1) is 6.92 Å². The molecule has 18 heavy (non-hydrogen) atoms. The Labute approximate surface area is 108 Å². The average Bonchev–Trinajstić information content (AvgIpc) is 2.32. The molecule has 0 aromatic heterocycles. The fraction of sp³-hybridized carbons (Fsp3) is 0.538. The minimum atomic E-state index is -3.44. The van der Waals surface area contributed by atoms with E-state index in [9.17, 15) is 13.5 Å². The molecule has 0 heterocycles. The van der Waals surface area contributed by atoms with Crippen LogP contribution in [-0.2, 0) is 10.0 Å². The molecule has 0 unspecified atom stereocenters. The second kappa shape index (κ2) is 5.38. The van der Waals surface area contributed by atoms with Crippen LogP contribution in [0.2, 0.25) is 0 Å². The molecule has 1 aliphatic carbocycles. The number of aliphatic hydroxyl groups is 1. The first-order valence-corrected chi connectivity index (χ1v) is 7.73. The Balaban J connectivity index is 2.11.